The lowest BCUT2D eigenvalue weighted by atomic mass is 9.97. The van der Waals surface area contributed by atoms with Gasteiger partial charge in [0.25, 0.3) is 0 Å². The maximum absolute atomic E-state index is 10.0. The van der Waals surface area contributed by atoms with Crippen LogP contribution in [0.2, 0.25) is 15.1 Å². The normalized spacial score (nSPS) is 11.1. The molecule has 20 heavy (non-hydrogen) atoms. The van der Waals surface area contributed by atoms with Crippen molar-refractivity contribution >= 4 is 34.8 Å². The molecule has 4 heteroatoms. The fourth-order valence-electron chi connectivity index (χ4n) is 2.04. The van der Waals surface area contributed by atoms with Crippen LogP contribution in [-0.4, -0.2) is 5.11 Å². The zero-order valence-corrected chi connectivity index (χ0v) is 13.5. The second-order valence-electron chi connectivity index (χ2n) is 5.07. The average Bonchev–Trinajstić information content (AvgIpc) is 2.35. The highest BCUT2D eigenvalue weighted by atomic mass is 35.5. The van der Waals surface area contributed by atoms with Crippen LogP contribution in [0.3, 0.4) is 0 Å². The Morgan fingerprint density at radius 1 is 1.00 bits per heavy atom. The Bertz CT molecular complexity index is 613. The Hall–Kier alpha value is -0.890. The largest absolute Gasteiger partial charge is 0.508 e. The molecule has 0 heterocycles. The molecule has 2 rings (SSSR count). The first-order valence-electron chi connectivity index (χ1n) is 6.33. The summed E-state index contributed by atoms with van der Waals surface area (Å²) in [6.07, 6.45) is 0.473. The van der Waals surface area contributed by atoms with Gasteiger partial charge in [0, 0.05) is 21.5 Å². The van der Waals surface area contributed by atoms with Gasteiger partial charge >= 0.3 is 0 Å². The van der Waals surface area contributed by atoms with E-state index in [9.17, 15) is 5.11 Å². The monoisotopic (exact) mass is 328 g/mol. The molecule has 0 aliphatic heterocycles. The summed E-state index contributed by atoms with van der Waals surface area (Å²) in [5.74, 6) is 0.641. The predicted molar refractivity (Wildman–Crippen MR) is 86.5 cm³/mol. The molecule has 0 radical (unpaired) electrons. The molecule has 0 aliphatic rings. The summed E-state index contributed by atoms with van der Waals surface area (Å²) in [5.41, 5.74) is 2.75. The number of rotatable bonds is 3. The summed E-state index contributed by atoms with van der Waals surface area (Å²) >= 11 is 18.3. The fraction of sp³-hybridized carbons (Fsp3) is 0.250. The van der Waals surface area contributed by atoms with Crippen LogP contribution in [0.5, 0.6) is 5.75 Å². The summed E-state index contributed by atoms with van der Waals surface area (Å²) in [7, 11) is 0. The van der Waals surface area contributed by atoms with Gasteiger partial charge in [0.1, 0.15) is 5.75 Å². The van der Waals surface area contributed by atoms with Crippen molar-refractivity contribution in [3.05, 3.63) is 62.1 Å². The lowest BCUT2D eigenvalue weighted by molar-refractivity contribution is 0.469. The molecule has 1 nitrogen and oxygen atoms in total. The zero-order chi connectivity index (χ0) is 14.9. The van der Waals surface area contributed by atoms with Crippen molar-refractivity contribution in [3.8, 4) is 5.75 Å². The van der Waals surface area contributed by atoms with E-state index in [0.29, 0.717) is 27.4 Å². The minimum absolute atomic E-state index is 0.247. The second kappa shape index (κ2) is 6.26. The highest BCUT2D eigenvalue weighted by molar-refractivity contribution is 6.39. The van der Waals surface area contributed by atoms with E-state index >= 15 is 0 Å². The first kappa shape index (κ1) is 15.5. The van der Waals surface area contributed by atoms with Crippen LogP contribution in [-0.2, 0) is 6.42 Å². The molecule has 0 bridgehead atoms. The molecule has 0 spiro atoms. The Morgan fingerprint density at radius 3 is 2.15 bits per heavy atom. The summed E-state index contributed by atoms with van der Waals surface area (Å²) in [6, 6.07) is 8.94. The molecule has 0 atom stereocenters. The summed E-state index contributed by atoms with van der Waals surface area (Å²) in [4.78, 5) is 0. The average molecular weight is 330 g/mol. The van der Waals surface area contributed by atoms with Crippen molar-refractivity contribution < 1.29 is 5.11 Å². The van der Waals surface area contributed by atoms with Gasteiger partial charge in [-0.25, -0.2) is 0 Å². The fourth-order valence-corrected chi connectivity index (χ4v) is 2.99. The highest BCUT2D eigenvalue weighted by Crippen LogP contribution is 2.33. The smallest absolute Gasteiger partial charge is 0.119 e. The minimum atomic E-state index is 0.247. The number of phenols is 1. The van der Waals surface area contributed by atoms with Gasteiger partial charge in [-0.05, 0) is 40.8 Å². The van der Waals surface area contributed by atoms with Gasteiger partial charge in [0.15, 0.2) is 0 Å². The third-order valence-electron chi connectivity index (χ3n) is 3.24. The van der Waals surface area contributed by atoms with E-state index in [1.807, 2.05) is 12.1 Å². The van der Waals surface area contributed by atoms with E-state index in [4.69, 9.17) is 34.8 Å². The van der Waals surface area contributed by atoms with Crippen molar-refractivity contribution in [2.75, 3.05) is 0 Å². The van der Waals surface area contributed by atoms with Gasteiger partial charge < -0.3 is 5.11 Å². The van der Waals surface area contributed by atoms with Crippen LogP contribution < -0.4 is 0 Å². The van der Waals surface area contributed by atoms with Crippen molar-refractivity contribution in [2.45, 2.75) is 26.2 Å². The van der Waals surface area contributed by atoms with E-state index < -0.39 is 0 Å². The first-order valence-corrected chi connectivity index (χ1v) is 7.47. The van der Waals surface area contributed by atoms with Gasteiger partial charge in [0.05, 0.1) is 0 Å². The third kappa shape index (κ3) is 3.41. The van der Waals surface area contributed by atoms with E-state index in [0.717, 1.165) is 11.1 Å². The number of phenolic OH excluding ortho intramolecular Hbond substituents is 1. The molecule has 0 saturated heterocycles. The molecule has 2 aromatic carbocycles. The Kier molecular flexibility index (Phi) is 4.85. The zero-order valence-electron chi connectivity index (χ0n) is 11.3. The molecule has 106 valence electrons. The summed E-state index contributed by atoms with van der Waals surface area (Å²) < 4.78 is 0. The van der Waals surface area contributed by atoms with E-state index in [1.165, 1.54) is 5.56 Å². The lowest BCUT2D eigenvalue weighted by Crippen LogP contribution is -1.95. The molecule has 0 fully saturated rings. The Labute approximate surface area is 134 Å². The number of aromatic hydroxyl groups is 1. The highest BCUT2D eigenvalue weighted by Gasteiger charge is 2.12. The van der Waals surface area contributed by atoms with Crippen LogP contribution in [0.4, 0.5) is 0 Å². The molecule has 0 unspecified atom stereocenters. The quantitative estimate of drug-likeness (QED) is 0.725. The van der Waals surface area contributed by atoms with Crippen molar-refractivity contribution in [1.82, 2.24) is 0 Å². The molecule has 0 amide bonds. The molecule has 0 saturated carbocycles. The molecular weight excluding hydrogens is 315 g/mol. The van der Waals surface area contributed by atoms with Crippen LogP contribution in [0.1, 0.15) is 36.5 Å². The summed E-state index contributed by atoms with van der Waals surface area (Å²) in [5, 5.41) is 11.5. The van der Waals surface area contributed by atoms with Crippen LogP contribution in [0, 0.1) is 0 Å². The molecule has 0 aromatic heterocycles. The number of hydrogen-bond donors (Lipinski definition) is 1. The van der Waals surface area contributed by atoms with E-state index in [1.54, 1.807) is 18.2 Å². The van der Waals surface area contributed by atoms with Crippen molar-refractivity contribution in [3.63, 3.8) is 0 Å². The predicted octanol–water partition coefficient (Wildman–Crippen LogP) is 6.07. The minimum Gasteiger partial charge on any atom is -0.508 e. The SMILES string of the molecule is CC(C)c1ccc(O)c(Cc2c(Cl)cc(Cl)cc2Cl)c1. The van der Waals surface area contributed by atoms with Gasteiger partial charge in [-0.2, -0.15) is 0 Å². The maximum Gasteiger partial charge on any atom is 0.119 e. The molecular formula is C16H15Cl3O. The Morgan fingerprint density at radius 2 is 1.60 bits per heavy atom. The lowest BCUT2D eigenvalue weighted by Gasteiger charge is -2.12. The van der Waals surface area contributed by atoms with Gasteiger partial charge in [-0.15, -0.1) is 0 Å². The van der Waals surface area contributed by atoms with Gasteiger partial charge in [-0.1, -0.05) is 60.8 Å². The van der Waals surface area contributed by atoms with Crippen LogP contribution >= 0.6 is 34.8 Å². The number of halogens is 3. The van der Waals surface area contributed by atoms with E-state index in [-0.39, 0.29) is 5.75 Å². The van der Waals surface area contributed by atoms with Gasteiger partial charge in [-0.3, -0.25) is 0 Å². The van der Waals surface area contributed by atoms with Crippen LogP contribution in [0.25, 0.3) is 0 Å². The summed E-state index contributed by atoms with van der Waals surface area (Å²) in [6.45, 7) is 4.22. The second-order valence-corrected chi connectivity index (χ2v) is 6.32. The van der Waals surface area contributed by atoms with E-state index in [2.05, 4.69) is 13.8 Å². The van der Waals surface area contributed by atoms with Crippen LogP contribution in [0.15, 0.2) is 30.3 Å². The first-order chi connectivity index (χ1) is 9.38. The number of hydrogen-bond acceptors (Lipinski definition) is 1. The molecule has 2 aromatic rings. The van der Waals surface area contributed by atoms with Crippen molar-refractivity contribution in [2.24, 2.45) is 0 Å². The van der Waals surface area contributed by atoms with Gasteiger partial charge in [0.2, 0.25) is 0 Å². The maximum atomic E-state index is 10.0. The molecule has 0 aliphatic carbocycles. The van der Waals surface area contributed by atoms with Crippen molar-refractivity contribution in [1.29, 1.82) is 0 Å². The third-order valence-corrected chi connectivity index (χ3v) is 4.14. The number of benzene rings is 2. The molecule has 1 N–H and O–H groups in total. The topological polar surface area (TPSA) is 20.2 Å². The Balaban J connectivity index is 2.42. The standard InChI is InChI=1S/C16H15Cl3O/c1-9(2)10-3-4-16(20)11(5-10)6-13-14(18)7-12(17)8-15(13)19/h3-5,7-9,20H,6H2,1-2H3.